The van der Waals surface area contributed by atoms with E-state index in [2.05, 4.69) is 5.32 Å². The average molecular weight is 591 g/mol. The lowest BCUT2D eigenvalue weighted by Crippen LogP contribution is -2.38. The van der Waals surface area contributed by atoms with Crippen LogP contribution in [0.1, 0.15) is 27.2 Å². The van der Waals surface area contributed by atoms with E-state index < -0.39 is 28.4 Å². The van der Waals surface area contributed by atoms with E-state index in [1.807, 2.05) is 0 Å². The summed E-state index contributed by atoms with van der Waals surface area (Å²) in [5.41, 5.74) is 1.24. The van der Waals surface area contributed by atoms with Gasteiger partial charge in [-0.05, 0) is 49.1 Å². The third-order valence-electron chi connectivity index (χ3n) is 6.45. The van der Waals surface area contributed by atoms with Crippen LogP contribution in [0.4, 0.5) is 10.7 Å². The molecule has 0 fully saturated rings. The van der Waals surface area contributed by atoms with E-state index in [9.17, 15) is 18.0 Å². The number of esters is 1. The van der Waals surface area contributed by atoms with Gasteiger partial charge in [0.25, 0.3) is 10.0 Å². The maximum atomic E-state index is 14.1. The minimum atomic E-state index is -4.37. The molecule has 3 aromatic rings. The lowest BCUT2D eigenvalue weighted by Gasteiger charge is -2.26. The number of ether oxygens (including phenoxy) is 5. The number of fused-ring (bicyclic) bond motifs is 1. The standard InChI is InChI=1S/C27H30N2O9S2/c1-34-16-9-11-20(35-2)19(13-16)29(40(32,33)17-10-12-21(36-3)22(14-17)37-4)15-24(30)28-26-25(27(31)38-5)18-7-6-8-23(18)39-26/h9-14H,6-8,15H2,1-5H3,(H,28,30). The van der Waals surface area contributed by atoms with E-state index in [0.717, 1.165) is 27.6 Å². The first-order chi connectivity index (χ1) is 19.2. The van der Waals surface area contributed by atoms with Gasteiger partial charge in [-0.15, -0.1) is 11.3 Å². The number of thiophene rings is 1. The van der Waals surface area contributed by atoms with Gasteiger partial charge in [-0.1, -0.05) is 0 Å². The van der Waals surface area contributed by atoms with E-state index in [0.29, 0.717) is 28.5 Å². The molecule has 2 aromatic carbocycles. The van der Waals surface area contributed by atoms with Crippen molar-refractivity contribution in [1.29, 1.82) is 0 Å². The van der Waals surface area contributed by atoms with E-state index in [1.165, 1.54) is 71.2 Å². The molecule has 0 atom stereocenters. The number of aryl methyl sites for hydroxylation is 1. The highest BCUT2D eigenvalue weighted by Gasteiger charge is 2.33. The molecule has 40 heavy (non-hydrogen) atoms. The Balaban J connectivity index is 1.78. The van der Waals surface area contributed by atoms with Crippen LogP contribution >= 0.6 is 11.3 Å². The quantitative estimate of drug-likeness (QED) is 0.331. The lowest BCUT2D eigenvalue weighted by molar-refractivity contribution is -0.114. The summed E-state index contributed by atoms with van der Waals surface area (Å²) >= 11 is 1.29. The number of hydrogen-bond acceptors (Lipinski definition) is 10. The zero-order valence-corrected chi connectivity index (χ0v) is 24.4. The predicted octanol–water partition coefficient (Wildman–Crippen LogP) is 3.89. The second-order valence-electron chi connectivity index (χ2n) is 8.67. The van der Waals surface area contributed by atoms with Crippen molar-refractivity contribution in [3.05, 3.63) is 52.4 Å². The zero-order valence-electron chi connectivity index (χ0n) is 22.7. The molecule has 1 aliphatic carbocycles. The van der Waals surface area contributed by atoms with Gasteiger partial charge in [0, 0.05) is 17.0 Å². The molecule has 0 spiro atoms. The molecule has 1 heterocycles. The SMILES string of the molecule is COC(=O)c1c(NC(=O)CN(c2cc(OC)ccc2OC)S(=O)(=O)c2ccc(OC)c(OC)c2)sc2c1CCC2. The van der Waals surface area contributed by atoms with Crippen LogP contribution in [-0.2, 0) is 32.4 Å². The Labute approximate surface area is 236 Å². The van der Waals surface area contributed by atoms with Crippen molar-refractivity contribution in [2.45, 2.75) is 24.2 Å². The van der Waals surface area contributed by atoms with E-state index >= 15 is 0 Å². The number of methoxy groups -OCH3 is 5. The fraction of sp³-hybridized carbons (Fsp3) is 0.333. The Bertz CT molecular complexity index is 1530. The van der Waals surface area contributed by atoms with Gasteiger partial charge in [0.2, 0.25) is 5.91 Å². The lowest BCUT2D eigenvalue weighted by atomic mass is 10.1. The largest absolute Gasteiger partial charge is 0.497 e. The van der Waals surface area contributed by atoms with Crippen molar-refractivity contribution in [2.24, 2.45) is 0 Å². The average Bonchev–Trinajstić information content (AvgIpc) is 3.55. The highest BCUT2D eigenvalue weighted by molar-refractivity contribution is 7.92. The van der Waals surface area contributed by atoms with Crippen LogP contribution in [-0.4, -0.2) is 62.4 Å². The summed E-state index contributed by atoms with van der Waals surface area (Å²) in [6.45, 7) is -0.636. The first kappa shape index (κ1) is 29.0. The molecule has 13 heteroatoms. The molecule has 0 saturated carbocycles. The van der Waals surface area contributed by atoms with Crippen molar-refractivity contribution in [2.75, 3.05) is 51.7 Å². The minimum absolute atomic E-state index is 0.0775. The molecule has 1 N–H and O–H groups in total. The molecule has 11 nitrogen and oxygen atoms in total. The molecule has 0 bridgehead atoms. The van der Waals surface area contributed by atoms with E-state index in [-0.39, 0.29) is 22.1 Å². The van der Waals surface area contributed by atoms with E-state index in [4.69, 9.17) is 23.7 Å². The number of amides is 1. The third-order valence-corrected chi connectivity index (χ3v) is 9.41. The van der Waals surface area contributed by atoms with Gasteiger partial charge in [0.05, 0.1) is 51.7 Å². The highest BCUT2D eigenvalue weighted by atomic mass is 32.2. The van der Waals surface area contributed by atoms with Gasteiger partial charge in [0.15, 0.2) is 11.5 Å². The Kier molecular flexibility index (Phi) is 8.74. The Hall–Kier alpha value is -3.97. The molecular formula is C27H30N2O9S2. The molecule has 214 valence electrons. The van der Waals surface area contributed by atoms with Crippen LogP contribution in [0.3, 0.4) is 0 Å². The molecular weight excluding hydrogens is 560 g/mol. The number of carbonyl (C=O) groups excluding carboxylic acids is 2. The van der Waals surface area contributed by atoms with Crippen LogP contribution in [0.2, 0.25) is 0 Å². The number of benzene rings is 2. The highest BCUT2D eigenvalue weighted by Crippen LogP contribution is 2.40. The van der Waals surface area contributed by atoms with Crippen molar-refractivity contribution >= 4 is 43.9 Å². The van der Waals surface area contributed by atoms with E-state index in [1.54, 1.807) is 12.1 Å². The number of carbonyl (C=O) groups is 2. The summed E-state index contributed by atoms with van der Waals surface area (Å²) in [5, 5.41) is 3.06. The van der Waals surface area contributed by atoms with Crippen LogP contribution < -0.4 is 28.6 Å². The second-order valence-corrected chi connectivity index (χ2v) is 11.6. The van der Waals surface area contributed by atoms with Crippen molar-refractivity contribution < 1.29 is 41.7 Å². The van der Waals surface area contributed by atoms with Gasteiger partial charge in [-0.3, -0.25) is 9.10 Å². The molecule has 1 aliphatic rings. The predicted molar refractivity (Wildman–Crippen MR) is 150 cm³/mol. The van der Waals surface area contributed by atoms with Gasteiger partial charge >= 0.3 is 5.97 Å². The fourth-order valence-electron chi connectivity index (χ4n) is 4.50. The molecule has 0 aliphatic heterocycles. The summed E-state index contributed by atoms with van der Waals surface area (Å²) in [5.74, 6) is -0.139. The van der Waals surface area contributed by atoms with Gasteiger partial charge in [0.1, 0.15) is 23.0 Å². The van der Waals surface area contributed by atoms with Crippen LogP contribution in [0.15, 0.2) is 41.3 Å². The monoisotopic (exact) mass is 590 g/mol. The van der Waals surface area contributed by atoms with Crippen LogP contribution in [0.25, 0.3) is 0 Å². The Morgan fingerprint density at radius 3 is 2.25 bits per heavy atom. The smallest absolute Gasteiger partial charge is 0.341 e. The van der Waals surface area contributed by atoms with Crippen molar-refractivity contribution in [1.82, 2.24) is 0 Å². The molecule has 1 amide bonds. The summed E-state index contributed by atoms with van der Waals surface area (Å²) < 4.78 is 55.3. The Morgan fingerprint density at radius 2 is 1.60 bits per heavy atom. The topological polar surface area (TPSA) is 130 Å². The number of nitrogens with one attached hydrogen (secondary N) is 1. The van der Waals surface area contributed by atoms with Gasteiger partial charge in [-0.25, -0.2) is 13.2 Å². The van der Waals surface area contributed by atoms with Crippen LogP contribution in [0.5, 0.6) is 23.0 Å². The molecule has 1 aromatic heterocycles. The Morgan fingerprint density at radius 1 is 0.900 bits per heavy atom. The van der Waals surface area contributed by atoms with Crippen LogP contribution in [0, 0.1) is 0 Å². The normalized spacial score (nSPS) is 12.3. The van der Waals surface area contributed by atoms with Crippen molar-refractivity contribution in [3.8, 4) is 23.0 Å². The number of hydrogen-bond donors (Lipinski definition) is 1. The maximum Gasteiger partial charge on any atom is 0.341 e. The number of rotatable bonds is 11. The van der Waals surface area contributed by atoms with Gasteiger partial charge < -0.3 is 29.0 Å². The number of anilines is 2. The third kappa shape index (κ3) is 5.52. The molecule has 4 rings (SSSR count). The summed E-state index contributed by atoms with van der Waals surface area (Å²) in [6.07, 6.45) is 2.40. The molecule has 0 saturated heterocycles. The molecule has 0 unspecified atom stereocenters. The zero-order chi connectivity index (χ0) is 29.0. The summed E-state index contributed by atoms with van der Waals surface area (Å²) in [7, 11) is 2.57. The van der Waals surface area contributed by atoms with Gasteiger partial charge in [-0.2, -0.15) is 0 Å². The maximum absolute atomic E-state index is 14.1. The minimum Gasteiger partial charge on any atom is -0.497 e. The fourth-order valence-corrected chi connectivity index (χ4v) is 7.24. The second kappa shape index (κ2) is 12.0. The number of sulfonamides is 1. The first-order valence-electron chi connectivity index (χ1n) is 12.2. The summed E-state index contributed by atoms with van der Waals surface area (Å²) in [6, 6.07) is 8.74. The first-order valence-corrected chi connectivity index (χ1v) is 14.4. The number of nitrogens with zero attached hydrogens (tertiary/aromatic N) is 1. The molecule has 0 radical (unpaired) electrons. The summed E-state index contributed by atoms with van der Waals surface area (Å²) in [4.78, 5) is 26.9. The van der Waals surface area contributed by atoms with Crippen molar-refractivity contribution in [3.63, 3.8) is 0 Å².